The van der Waals surface area contributed by atoms with Crippen LogP contribution in [-0.4, -0.2) is 48.2 Å². The van der Waals surface area contributed by atoms with E-state index < -0.39 is 35.8 Å². The molecule has 0 aliphatic heterocycles. The normalized spacial score (nSPS) is 16.2. The SMILES string of the molecule is CC[C@H](C)[C@H](NC(=O)[C@@H](NC(=O)[C@@H](N)CC(C)C)C(C)C)C(=O)NCC(=O)C1=CCc2ccccc2[CH]1. The summed E-state index contributed by atoms with van der Waals surface area (Å²) >= 11 is 0. The van der Waals surface area contributed by atoms with Gasteiger partial charge in [-0.15, -0.1) is 0 Å². The number of hydrogen-bond donors (Lipinski definition) is 4. The zero-order valence-electron chi connectivity index (χ0n) is 23.0. The monoisotopic (exact) mass is 511 g/mol. The Labute approximate surface area is 221 Å². The van der Waals surface area contributed by atoms with Crippen molar-refractivity contribution in [3.05, 3.63) is 53.5 Å². The number of carbonyl (C=O) groups excluding carboxylic acids is 4. The van der Waals surface area contributed by atoms with Crippen LogP contribution in [0.4, 0.5) is 0 Å². The molecule has 1 radical (unpaired) electrons. The zero-order chi connectivity index (χ0) is 27.7. The number of nitrogens with one attached hydrogen (secondary N) is 3. The smallest absolute Gasteiger partial charge is 0.243 e. The highest BCUT2D eigenvalue weighted by molar-refractivity contribution is 6.02. The van der Waals surface area contributed by atoms with Crippen LogP contribution in [0.2, 0.25) is 0 Å². The molecule has 1 aliphatic rings. The summed E-state index contributed by atoms with van der Waals surface area (Å²) in [5, 5.41) is 8.26. The standard InChI is InChI=1S/C29H43N4O4/c1-7-19(6)26(33-29(37)25(18(4)5)32-27(35)23(30)14-17(2)3)28(36)31-16-24(34)22-13-12-20-10-8-9-11-21(20)15-22/h8-11,13,15,17-19,23,25-26H,7,12,14,16,30H2,1-6H3,(H,31,36)(H,32,35)(H,33,37)/t19-,23-,25-,26-/m0/s1. The fraction of sp³-hybridized carbons (Fsp3) is 0.552. The van der Waals surface area contributed by atoms with Crippen molar-refractivity contribution in [2.24, 2.45) is 23.5 Å². The molecule has 203 valence electrons. The van der Waals surface area contributed by atoms with E-state index in [1.165, 1.54) is 0 Å². The zero-order valence-corrected chi connectivity index (χ0v) is 23.0. The van der Waals surface area contributed by atoms with Crippen molar-refractivity contribution in [1.82, 2.24) is 16.0 Å². The summed E-state index contributed by atoms with van der Waals surface area (Å²) in [6, 6.07) is 5.47. The van der Waals surface area contributed by atoms with Crippen molar-refractivity contribution in [2.75, 3.05) is 6.54 Å². The summed E-state index contributed by atoms with van der Waals surface area (Å²) in [5.74, 6) is -1.62. The molecule has 0 heterocycles. The van der Waals surface area contributed by atoms with Crippen molar-refractivity contribution in [3.8, 4) is 0 Å². The van der Waals surface area contributed by atoms with Crippen molar-refractivity contribution in [3.63, 3.8) is 0 Å². The number of rotatable bonds is 13. The number of hydrogen-bond acceptors (Lipinski definition) is 5. The average molecular weight is 512 g/mol. The lowest BCUT2D eigenvalue weighted by atomic mass is 9.89. The Morgan fingerprint density at radius 3 is 2.19 bits per heavy atom. The molecule has 4 atom stereocenters. The number of amides is 3. The number of ketones is 1. The summed E-state index contributed by atoms with van der Waals surface area (Å²) in [5.41, 5.74) is 8.71. The molecule has 1 aromatic rings. The van der Waals surface area contributed by atoms with Gasteiger partial charge in [0, 0.05) is 12.0 Å². The van der Waals surface area contributed by atoms with Gasteiger partial charge in [-0.25, -0.2) is 0 Å². The van der Waals surface area contributed by atoms with Gasteiger partial charge in [-0.1, -0.05) is 78.3 Å². The summed E-state index contributed by atoms with van der Waals surface area (Å²) in [6.45, 7) is 11.2. The first-order valence-electron chi connectivity index (χ1n) is 13.2. The lowest BCUT2D eigenvalue weighted by Gasteiger charge is -2.28. The number of carbonyl (C=O) groups is 4. The lowest BCUT2D eigenvalue weighted by molar-refractivity contribution is -0.134. The van der Waals surface area contributed by atoms with E-state index in [0.29, 0.717) is 24.8 Å². The second-order valence-electron chi connectivity index (χ2n) is 10.7. The minimum Gasteiger partial charge on any atom is -0.347 e. The van der Waals surface area contributed by atoms with Crippen molar-refractivity contribution in [2.45, 2.75) is 78.9 Å². The van der Waals surface area contributed by atoms with Gasteiger partial charge in [-0.05, 0) is 41.7 Å². The molecule has 0 bridgehead atoms. The second kappa shape index (κ2) is 14.1. The van der Waals surface area contributed by atoms with Crippen molar-refractivity contribution < 1.29 is 19.2 Å². The Kier molecular flexibility index (Phi) is 11.5. The molecule has 0 spiro atoms. The van der Waals surface area contributed by atoms with E-state index in [0.717, 1.165) is 11.1 Å². The highest BCUT2D eigenvalue weighted by Gasteiger charge is 2.32. The summed E-state index contributed by atoms with van der Waals surface area (Å²) in [6.07, 6.45) is 5.51. The Balaban J connectivity index is 2.02. The predicted octanol–water partition coefficient (Wildman–Crippen LogP) is 2.45. The summed E-state index contributed by atoms with van der Waals surface area (Å²) in [7, 11) is 0. The van der Waals surface area contributed by atoms with Crippen LogP contribution < -0.4 is 21.7 Å². The van der Waals surface area contributed by atoms with E-state index in [2.05, 4.69) is 16.0 Å². The number of fused-ring (bicyclic) bond motifs is 1. The van der Waals surface area contributed by atoms with Gasteiger partial charge < -0.3 is 21.7 Å². The van der Waals surface area contributed by atoms with Crippen LogP contribution in [-0.2, 0) is 25.6 Å². The highest BCUT2D eigenvalue weighted by Crippen LogP contribution is 2.23. The maximum atomic E-state index is 13.2. The molecule has 0 saturated carbocycles. The topological polar surface area (TPSA) is 130 Å². The molecule has 8 heteroatoms. The van der Waals surface area contributed by atoms with E-state index in [1.54, 1.807) is 0 Å². The van der Waals surface area contributed by atoms with Crippen LogP contribution in [0.25, 0.3) is 0 Å². The molecule has 0 unspecified atom stereocenters. The first-order chi connectivity index (χ1) is 17.4. The van der Waals surface area contributed by atoms with E-state index in [1.807, 2.05) is 78.3 Å². The molecule has 8 nitrogen and oxygen atoms in total. The van der Waals surface area contributed by atoms with Crippen molar-refractivity contribution >= 4 is 23.5 Å². The van der Waals surface area contributed by atoms with Crippen LogP contribution >= 0.6 is 0 Å². The van der Waals surface area contributed by atoms with Gasteiger partial charge in [0.2, 0.25) is 17.7 Å². The first-order valence-corrected chi connectivity index (χ1v) is 13.2. The van der Waals surface area contributed by atoms with Crippen LogP contribution in [0.5, 0.6) is 0 Å². The molecule has 1 aliphatic carbocycles. The number of allylic oxidation sites excluding steroid dienone is 1. The maximum absolute atomic E-state index is 13.2. The molecule has 3 amide bonds. The Hall–Kier alpha value is -3.00. The second-order valence-corrected chi connectivity index (χ2v) is 10.7. The molecule has 1 aromatic carbocycles. The van der Waals surface area contributed by atoms with Crippen LogP contribution in [0.15, 0.2) is 35.9 Å². The molecule has 0 aromatic heterocycles. The Bertz CT molecular complexity index is 1000. The minimum atomic E-state index is -0.849. The molecular formula is C29H43N4O4. The molecule has 5 N–H and O–H groups in total. The molecule has 37 heavy (non-hydrogen) atoms. The fourth-order valence-electron chi connectivity index (χ4n) is 4.24. The lowest BCUT2D eigenvalue weighted by Crippen LogP contribution is -2.59. The Morgan fingerprint density at radius 1 is 0.919 bits per heavy atom. The number of benzene rings is 1. The number of nitrogens with two attached hydrogens (primary N) is 1. The first kappa shape index (κ1) is 30.2. The highest BCUT2D eigenvalue weighted by atomic mass is 16.2. The third-order valence-corrected chi connectivity index (χ3v) is 6.76. The van der Waals surface area contributed by atoms with Gasteiger partial charge in [0.25, 0.3) is 0 Å². The summed E-state index contributed by atoms with van der Waals surface area (Å²) in [4.78, 5) is 51.6. The predicted molar refractivity (Wildman–Crippen MR) is 145 cm³/mol. The third-order valence-electron chi connectivity index (χ3n) is 6.76. The molecule has 0 fully saturated rings. The van der Waals surface area contributed by atoms with E-state index >= 15 is 0 Å². The van der Waals surface area contributed by atoms with Gasteiger partial charge in [0.1, 0.15) is 12.1 Å². The molecule has 0 saturated heterocycles. The van der Waals surface area contributed by atoms with E-state index in [4.69, 9.17) is 5.73 Å². The maximum Gasteiger partial charge on any atom is 0.243 e. The van der Waals surface area contributed by atoms with Crippen molar-refractivity contribution in [1.29, 1.82) is 0 Å². The fourth-order valence-corrected chi connectivity index (χ4v) is 4.24. The largest absolute Gasteiger partial charge is 0.347 e. The van der Waals surface area contributed by atoms with Crippen LogP contribution in [0.1, 0.15) is 65.5 Å². The van der Waals surface area contributed by atoms with Crippen LogP contribution in [0, 0.1) is 24.2 Å². The van der Waals surface area contributed by atoms with Gasteiger partial charge in [-0.3, -0.25) is 19.2 Å². The Morgan fingerprint density at radius 2 is 1.57 bits per heavy atom. The average Bonchev–Trinajstić information content (AvgIpc) is 2.86. The van der Waals surface area contributed by atoms with E-state index in [-0.39, 0.29) is 30.1 Å². The molecule has 2 rings (SSSR count). The minimum absolute atomic E-state index is 0.166. The van der Waals surface area contributed by atoms with Gasteiger partial charge in [0.15, 0.2) is 5.78 Å². The van der Waals surface area contributed by atoms with Gasteiger partial charge >= 0.3 is 0 Å². The van der Waals surface area contributed by atoms with Gasteiger partial charge in [-0.2, -0.15) is 0 Å². The third kappa shape index (κ3) is 8.81. The summed E-state index contributed by atoms with van der Waals surface area (Å²) < 4.78 is 0. The quantitative estimate of drug-likeness (QED) is 0.323. The molecular weight excluding hydrogens is 468 g/mol. The van der Waals surface area contributed by atoms with E-state index in [9.17, 15) is 19.2 Å². The van der Waals surface area contributed by atoms with Gasteiger partial charge in [0.05, 0.1) is 12.6 Å². The van der Waals surface area contributed by atoms with Crippen LogP contribution in [0.3, 0.4) is 0 Å². The number of Topliss-reactive ketones (excluding diaryl/α,β-unsaturated/α-hetero) is 1.